The van der Waals surface area contributed by atoms with Crippen molar-refractivity contribution in [3.8, 4) is 5.75 Å². The number of hydrogen-bond acceptors (Lipinski definition) is 3. The number of carbonyl (C=O) groups is 1. The van der Waals surface area contributed by atoms with Crippen molar-refractivity contribution in [2.24, 2.45) is 5.92 Å². The number of nitrogens with one attached hydrogen (secondary N) is 1. The van der Waals surface area contributed by atoms with Crippen LogP contribution >= 0.6 is 0 Å². The highest BCUT2D eigenvalue weighted by atomic mass is 19.1. The predicted octanol–water partition coefficient (Wildman–Crippen LogP) is 5.64. The standard InChI is InChI=1S/C25H29FN2O3/c26-21-8-6-18(7-9-21)14-19-4-3-13-28(17-19)12-2-1-5-20-16-27-24-11-10-22(15-23(20)24)31-25(29)30/h6-11,15-16,19,27H,1-5,12-14,17H2,(H,29,30). The molecule has 31 heavy (non-hydrogen) atoms. The van der Waals surface area contributed by atoms with E-state index < -0.39 is 6.16 Å². The lowest BCUT2D eigenvalue weighted by Crippen LogP contribution is -2.36. The zero-order valence-corrected chi connectivity index (χ0v) is 17.6. The zero-order valence-electron chi connectivity index (χ0n) is 17.6. The van der Waals surface area contributed by atoms with Gasteiger partial charge in [0, 0.05) is 23.6 Å². The Balaban J connectivity index is 1.25. The van der Waals surface area contributed by atoms with Gasteiger partial charge in [0.1, 0.15) is 11.6 Å². The van der Waals surface area contributed by atoms with E-state index in [1.807, 2.05) is 24.4 Å². The molecule has 2 N–H and O–H groups in total. The van der Waals surface area contributed by atoms with Crippen LogP contribution in [0.5, 0.6) is 5.75 Å². The highest BCUT2D eigenvalue weighted by Crippen LogP contribution is 2.26. The summed E-state index contributed by atoms with van der Waals surface area (Å²) in [5, 5.41) is 9.84. The van der Waals surface area contributed by atoms with Gasteiger partial charge in [-0.3, -0.25) is 0 Å². The van der Waals surface area contributed by atoms with Crippen molar-refractivity contribution in [2.75, 3.05) is 19.6 Å². The van der Waals surface area contributed by atoms with Crippen LogP contribution in [-0.4, -0.2) is 40.8 Å². The molecular formula is C25H29FN2O3. The molecule has 0 aliphatic carbocycles. The van der Waals surface area contributed by atoms with Gasteiger partial charge in [0.05, 0.1) is 0 Å². The molecule has 0 radical (unpaired) electrons. The lowest BCUT2D eigenvalue weighted by atomic mass is 9.91. The molecule has 2 aromatic carbocycles. The van der Waals surface area contributed by atoms with E-state index in [9.17, 15) is 9.18 Å². The molecule has 0 saturated carbocycles. The van der Waals surface area contributed by atoms with E-state index in [1.165, 1.54) is 24.0 Å². The van der Waals surface area contributed by atoms with E-state index in [0.717, 1.165) is 56.2 Å². The van der Waals surface area contributed by atoms with Crippen LogP contribution < -0.4 is 4.74 Å². The number of aryl methyl sites for hydroxylation is 1. The van der Waals surface area contributed by atoms with Gasteiger partial charge in [0.25, 0.3) is 0 Å². The maximum Gasteiger partial charge on any atom is 0.511 e. The second kappa shape index (κ2) is 9.96. The summed E-state index contributed by atoms with van der Waals surface area (Å²) in [5.74, 6) is 0.816. The number of aromatic amines is 1. The summed E-state index contributed by atoms with van der Waals surface area (Å²) < 4.78 is 17.9. The molecular weight excluding hydrogens is 395 g/mol. The fourth-order valence-electron chi connectivity index (χ4n) is 4.65. The fraction of sp³-hybridized carbons (Fsp3) is 0.400. The molecule has 1 saturated heterocycles. The number of fused-ring (bicyclic) bond motifs is 1. The third-order valence-electron chi connectivity index (χ3n) is 6.16. The fourth-order valence-corrected chi connectivity index (χ4v) is 4.65. The van der Waals surface area contributed by atoms with E-state index in [4.69, 9.17) is 9.84 Å². The second-order valence-electron chi connectivity index (χ2n) is 8.49. The lowest BCUT2D eigenvalue weighted by Gasteiger charge is -2.32. The largest absolute Gasteiger partial charge is 0.511 e. The van der Waals surface area contributed by atoms with Crippen LogP contribution in [0.25, 0.3) is 10.9 Å². The van der Waals surface area contributed by atoms with Crippen molar-refractivity contribution in [1.29, 1.82) is 0 Å². The smallest absolute Gasteiger partial charge is 0.449 e. The first kappa shape index (κ1) is 21.4. The molecule has 164 valence electrons. The van der Waals surface area contributed by atoms with E-state index in [0.29, 0.717) is 11.7 Å². The predicted molar refractivity (Wildman–Crippen MR) is 119 cm³/mol. The molecule has 1 aromatic heterocycles. The van der Waals surface area contributed by atoms with Crippen molar-refractivity contribution in [1.82, 2.24) is 9.88 Å². The highest BCUT2D eigenvalue weighted by Gasteiger charge is 2.20. The average molecular weight is 425 g/mol. The number of H-pyrrole nitrogens is 1. The molecule has 0 spiro atoms. The first-order chi connectivity index (χ1) is 15.1. The molecule has 1 aliphatic heterocycles. The van der Waals surface area contributed by atoms with Gasteiger partial charge in [-0.2, -0.15) is 0 Å². The number of piperidine rings is 1. The van der Waals surface area contributed by atoms with Gasteiger partial charge in [-0.05, 0) is 99.0 Å². The number of unbranched alkanes of at least 4 members (excludes halogenated alkanes) is 1. The van der Waals surface area contributed by atoms with Gasteiger partial charge in [-0.25, -0.2) is 9.18 Å². The summed E-state index contributed by atoms with van der Waals surface area (Å²) in [4.78, 5) is 16.6. The average Bonchev–Trinajstić information content (AvgIpc) is 3.15. The van der Waals surface area contributed by atoms with Gasteiger partial charge < -0.3 is 19.7 Å². The van der Waals surface area contributed by atoms with Gasteiger partial charge in [-0.1, -0.05) is 12.1 Å². The first-order valence-corrected chi connectivity index (χ1v) is 11.0. The Morgan fingerprint density at radius 2 is 2.03 bits per heavy atom. The van der Waals surface area contributed by atoms with E-state index in [-0.39, 0.29) is 5.82 Å². The van der Waals surface area contributed by atoms with Crippen LogP contribution in [0.4, 0.5) is 9.18 Å². The Morgan fingerprint density at radius 1 is 1.19 bits per heavy atom. The third kappa shape index (κ3) is 5.85. The summed E-state index contributed by atoms with van der Waals surface area (Å²) in [6.45, 7) is 3.36. The molecule has 2 heterocycles. The van der Waals surface area contributed by atoms with Crippen molar-refractivity contribution in [2.45, 2.75) is 38.5 Å². The van der Waals surface area contributed by atoms with E-state index in [2.05, 4.69) is 9.88 Å². The Morgan fingerprint density at radius 3 is 2.84 bits per heavy atom. The van der Waals surface area contributed by atoms with Crippen molar-refractivity contribution in [3.05, 3.63) is 65.6 Å². The van der Waals surface area contributed by atoms with Crippen molar-refractivity contribution < 1.29 is 19.0 Å². The van der Waals surface area contributed by atoms with Crippen LogP contribution in [0.1, 0.15) is 36.8 Å². The summed E-state index contributed by atoms with van der Waals surface area (Å²) in [5.41, 5.74) is 3.41. The molecule has 1 aliphatic rings. The topological polar surface area (TPSA) is 65.6 Å². The Labute approximate surface area is 181 Å². The molecule has 0 amide bonds. The maximum atomic E-state index is 13.1. The van der Waals surface area contributed by atoms with Crippen molar-refractivity contribution >= 4 is 17.1 Å². The molecule has 3 aromatic rings. The Bertz CT molecular complexity index is 1020. The number of carboxylic acid groups (broad SMARTS) is 1. The summed E-state index contributed by atoms with van der Waals surface area (Å²) in [6, 6.07) is 12.2. The van der Waals surface area contributed by atoms with E-state index in [1.54, 1.807) is 24.3 Å². The monoisotopic (exact) mass is 424 g/mol. The molecule has 6 heteroatoms. The van der Waals surface area contributed by atoms with Gasteiger partial charge in [0.15, 0.2) is 0 Å². The summed E-state index contributed by atoms with van der Waals surface area (Å²) in [6.07, 6.45) is 7.35. The molecule has 4 rings (SSSR count). The number of hydrogen-bond donors (Lipinski definition) is 2. The molecule has 0 bridgehead atoms. The molecule has 1 fully saturated rings. The number of nitrogens with zero attached hydrogens (tertiary/aromatic N) is 1. The van der Waals surface area contributed by atoms with Crippen LogP contribution in [0, 0.1) is 11.7 Å². The Kier molecular flexibility index (Phi) is 6.87. The molecule has 1 unspecified atom stereocenters. The number of aromatic nitrogens is 1. The lowest BCUT2D eigenvalue weighted by molar-refractivity contribution is 0.144. The maximum absolute atomic E-state index is 13.1. The van der Waals surface area contributed by atoms with Crippen LogP contribution in [0.3, 0.4) is 0 Å². The number of rotatable bonds is 8. The highest BCUT2D eigenvalue weighted by molar-refractivity contribution is 5.85. The molecule has 1 atom stereocenters. The Hall–Kier alpha value is -2.86. The van der Waals surface area contributed by atoms with E-state index >= 15 is 0 Å². The number of halogens is 1. The van der Waals surface area contributed by atoms with Gasteiger partial charge in [-0.15, -0.1) is 0 Å². The van der Waals surface area contributed by atoms with Gasteiger partial charge >= 0.3 is 6.16 Å². The number of ether oxygens (including phenoxy) is 1. The van der Waals surface area contributed by atoms with Crippen LogP contribution in [0.2, 0.25) is 0 Å². The second-order valence-corrected chi connectivity index (χ2v) is 8.49. The number of benzene rings is 2. The van der Waals surface area contributed by atoms with Crippen LogP contribution in [-0.2, 0) is 12.8 Å². The third-order valence-corrected chi connectivity index (χ3v) is 6.16. The zero-order chi connectivity index (χ0) is 21.6. The quantitative estimate of drug-likeness (QED) is 0.279. The minimum Gasteiger partial charge on any atom is -0.449 e. The number of likely N-dealkylation sites (tertiary alicyclic amines) is 1. The van der Waals surface area contributed by atoms with Crippen molar-refractivity contribution in [3.63, 3.8) is 0 Å². The van der Waals surface area contributed by atoms with Gasteiger partial charge in [0.2, 0.25) is 0 Å². The van der Waals surface area contributed by atoms with Crippen LogP contribution in [0.15, 0.2) is 48.7 Å². The SMILES string of the molecule is O=C(O)Oc1ccc2[nH]cc(CCCCN3CCCC(Cc4ccc(F)cc4)C3)c2c1. The summed E-state index contributed by atoms with van der Waals surface area (Å²) >= 11 is 0. The first-order valence-electron chi connectivity index (χ1n) is 11.0. The summed E-state index contributed by atoms with van der Waals surface area (Å²) in [7, 11) is 0. The minimum absolute atomic E-state index is 0.171. The molecule has 5 nitrogen and oxygen atoms in total. The minimum atomic E-state index is -1.30. The normalized spacial score (nSPS) is 17.1.